The maximum absolute atomic E-state index is 5.88. The van der Waals surface area contributed by atoms with E-state index in [2.05, 4.69) is 33.1 Å². The van der Waals surface area contributed by atoms with E-state index in [9.17, 15) is 0 Å². The molecule has 1 aromatic heterocycles. The first-order valence-electron chi connectivity index (χ1n) is 10.3. The second-order valence-electron chi connectivity index (χ2n) is 7.31. The second kappa shape index (κ2) is 9.40. The molecule has 7 nitrogen and oxygen atoms in total. The second-order valence-corrected chi connectivity index (χ2v) is 7.70. The molecule has 0 unspecified atom stereocenters. The molecule has 0 saturated heterocycles. The highest BCUT2D eigenvalue weighted by molar-refractivity contribution is 7.80. The van der Waals surface area contributed by atoms with Gasteiger partial charge in [0.15, 0.2) is 16.6 Å². The number of methoxy groups -OCH3 is 4. The van der Waals surface area contributed by atoms with E-state index in [1.54, 1.807) is 28.4 Å². The van der Waals surface area contributed by atoms with Gasteiger partial charge in [0.25, 0.3) is 0 Å². The average Bonchev–Trinajstić information content (AvgIpc) is 3.31. The maximum atomic E-state index is 5.88. The average molecular weight is 454 g/mol. The normalized spacial score (nSPS) is 15.0. The minimum atomic E-state index is -0.137. The number of fused-ring (bicyclic) bond motifs is 1. The number of ether oxygens (including phenoxy) is 4. The summed E-state index contributed by atoms with van der Waals surface area (Å²) in [6, 6.07) is 15.7. The van der Waals surface area contributed by atoms with E-state index < -0.39 is 0 Å². The van der Waals surface area contributed by atoms with Crippen molar-refractivity contribution >= 4 is 23.0 Å². The van der Waals surface area contributed by atoms with Crippen molar-refractivity contribution in [2.75, 3.05) is 40.3 Å². The summed E-state index contributed by atoms with van der Waals surface area (Å²) in [4.78, 5) is 2.18. The zero-order chi connectivity index (χ0) is 22.7. The van der Waals surface area contributed by atoms with Gasteiger partial charge < -0.3 is 33.7 Å². The number of benzene rings is 2. The summed E-state index contributed by atoms with van der Waals surface area (Å²) in [7, 11) is 6.49. The van der Waals surface area contributed by atoms with Gasteiger partial charge >= 0.3 is 0 Å². The van der Waals surface area contributed by atoms with Gasteiger partial charge in [0.1, 0.15) is 5.75 Å². The van der Waals surface area contributed by atoms with Crippen molar-refractivity contribution in [3.05, 3.63) is 66.0 Å². The van der Waals surface area contributed by atoms with Crippen LogP contribution >= 0.6 is 12.2 Å². The van der Waals surface area contributed by atoms with Gasteiger partial charge in [0.2, 0.25) is 5.75 Å². The number of nitrogens with one attached hydrogen (secondary N) is 1. The van der Waals surface area contributed by atoms with Crippen LogP contribution in [0.5, 0.6) is 23.0 Å². The third-order valence-corrected chi connectivity index (χ3v) is 5.99. The van der Waals surface area contributed by atoms with Crippen LogP contribution in [0.4, 0.5) is 5.69 Å². The fourth-order valence-electron chi connectivity index (χ4n) is 4.15. The molecule has 0 bridgehead atoms. The molecule has 0 radical (unpaired) electrons. The SMILES string of the molecule is COc1ccccc1NC(=S)N1CCn2cccc2[C@@H]1c1cc(OC)c(OC)c(OC)c1. The first kappa shape index (κ1) is 21.8. The molecule has 168 valence electrons. The largest absolute Gasteiger partial charge is 0.495 e. The Balaban J connectivity index is 1.76. The molecule has 1 N–H and O–H groups in total. The number of aromatic nitrogens is 1. The van der Waals surface area contributed by atoms with Crippen LogP contribution < -0.4 is 24.3 Å². The van der Waals surface area contributed by atoms with Gasteiger partial charge in [0, 0.05) is 25.0 Å². The maximum Gasteiger partial charge on any atom is 0.203 e. The minimum absolute atomic E-state index is 0.137. The Kier molecular flexibility index (Phi) is 6.41. The molecule has 0 amide bonds. The monoisotopic (exact) mass is 453 g/mol. The summed E-state index contributed by atoms with van der Waals surface area (Å²) in [5.74, 6) is 2.51. The topological polar surface area (TPSA) is 57.1 Å². The molecule has 1 atom stereocenters. The van der Waals surface area contributed by atoms with Crippen molar-refractivity contribution in [2.24, 2.45) is 0 Å². The molecule has 0 spiro atoms. The Morgan fingerprint density at radius 1 is 0.875 bits per heavy atom. The quantitative estimate of drug-likeness (QED) is 0.558. The van der Waals surface area contributed by atoms with Crippen molar-refractivity contribution in [1.82, 2.24) is 9.47 Å². The lowest BCUT2D eigenvalue weighted by atomic mass is 9.99. The zero-order valence-corrected chi connectivity index (χ0v) is 19.4. The smallest absolute Gasteiger partial charge is 0.203 e. The fraction of sp³-hybridized carbons (Fsp3) is 0.292. The predicted octanol–water partition coefficient (Wildman–Crippen LogP) is 4.32. The summed E-state index contributed by atoms with van der Waals surface area (Å²) in [5.41, 5.74) is 2.95. The minimum Gasteiger partial charge on any atom is -0.495 e. The Hall–Kier alpha value is -3.39. The Labute approximate surface area is 193 Å². The van der Waals surface area contributed by atoms with E-state index in [1.165, 1.54) is 0 Å². The van der Waals surface area contributed by atoms with Gasteiger partial charge in [0.05, 0.1) is 40.2 Å². The lowest BCUT2D eigenvalue weighted by Gasteiger charge is -2.39. The van der Waals surface area contributed by atoms with Crippen LogP contribution in [0.25, 0.3) is 0 Å². The Morgan fingerprint density at radius 2 is 1.56 bits per heavy atom. The zero-order valence-electron chi connectivity index (χ0n) is 18.6. The van der Waals surface area contributed by atoms with Gasteiger partial charge in [-0.05, 0) is 54.2 Å². The van der Waals surface area contributed by atoms with Crippen LogP contribution in [0, 0.1) is 0 Å². The predicted molar refractivity (Wildman–Crippen MR) is 128 cm³/mol. The molecule has 0 fully saturated rings. The molecule has 2 heterocycles. The first-order chi connectivity index (χ1) is 15.6. The van der Waals surface area contributed by atoms with E-state index in [-0.39, 0.29) is 6.04 Å². The van der Waals surface area contributed by atoms with E-state index in [0.717, 1.165) is 35.8 Å². The van der Waals surface area contributed by atoms with Gasteiger partial charge in [-0.3, -0.25) is 0 Å². The summed E-state index contributed by atoms with van der Waals surface area (Å²) in [6.07, 6.45) is 2.09. The van der Waals surface area contributed by atoms with Gasteiger partial charge in [-0.15, -0.1) is 0 Å². The highest BCUT2D eigenvalue weighted by Gasteiger charge is 2.32. The van der Waals surface area contributed by atoms with Crippen LogP contribution in [0.1, 0.15) is 17.3 Å². The summed E-state index contributed by atoms with van der Waals surface area (Å²) >= 11 is 5.88. The molecule has 0 aliphatic carbocycles. The Morgan fingerprint density at radius 3 is 2.22 bits per heavy atom. The number of thiocarbonyl (C=S) groups is 1. The van der Waals surface area contributed by atoms with Crippen LogP contribution in [0.3, 0.4) is 0 Å². The molecule has 3 aromatic rings. The molecule has 2 aromatic carbocycles. The van der Waals surface area contributed by atoms with Crippen molar-refractivity contribution < 1.29 is 18.9 Å². The molecule has 4 rings (SSSR count). The van der Waals surface area contributed by atoms with E-state index in [1.807, 2.05) is 36.4 Å². The number of nitrogens with zero attached hydrogens (tertiary/aromatic N) is 2. The number of rotatable bonds is 6. The van der Waals surface area contributed by atoms with Crippen molar-refractivity contribution in [3.63, 3.8) is 0 Å². The molecule has 32 heavy (non-hydrogen) atoms. The van der Waals surface area contributed by atoms with E-state index in [4.69, 9.17) is 31.2 Å². The van der Waals surface area contributed by atoms with Crippen molar-refractivity contribution in [1.29, 1.82) is 0 Å². The molecule has 8 heteroatoms. The molecular weight excluding hydrogens is 426 g/mol. The standard InChI is InChI=1S/C24H27N3O4S/c1-28-19-10-6-5-8-17(19)25-24(32)27-13-12-26-11-7-9-18(26)22(27)16-14-20(29-2)23(31-4)21(15-16)30-3/h5-11,14-15,22H,12-13H2,1-4H3,(H,25,32)/t22-/m0/s1. The van der Waals surface area contributed by atoms with Crippen LogP contribution in [0.2, 0.25) is 0 Å². The molecule has 0 saturated carbocycles. The van der Waals surface area contributed by atoms with Crippen LogP contribution in [-0.2, 0) is 6.54 Å². The molecule has 1 aliphatic heterocycles. The van der Waals surface area contributed by atoms with Crippen LogP contribution in [-0.4, -0.2) is 49.6 Å². The highest BCUT2D eigenvalue weighted by atomic mass is 32.1. The summed E-state index contributed by atoms with van der Waals surface area (Å²) in [6.45, 7) is 1.57. The third kappa shape index (κ3) is 3.93. The number of hydrogen-bond donors (Lipinski definition) is 1. The van der Waals surface area contributed by atoms with Gasteiger partial charge in [-0.25, -0.2) is 0 Å². The molecular formula is C24H27N3O4S. The fourth-order valence-corrected chi connectivity index (χ4v) is 4.45. The third-order valence-electron chi connectivity index (χ3n) is 5.65. The lowest BCUT2D eigenvalue weighted by molar-refractivity contribution is 0.288. The highest BCUT2D eigenvalue weighted by Crippen LogP contribution is 2.43. The van der Waals surface area contributed by atoms with Crippen molar-refractivity contribution in [2.45, 2.75) is 12.6 Å². The number of hydrogen-bond acceptors (Lipinski definition) is 5. The first-order valence-corrected chi connectivity index (χ1v) is 10.7. The van der Waals surface area contributed by atoms with Crippen LogP contribution in [0.15, 0.2) is 54.7 Å². The lowest BCUT2D eigenvalue weighted by Crippen LogP contribution is -2.44. The summed E-state index contributed by atoms with van der Waals surface area (Å²) < 4.78 is 24.5. The molecule has 1 aliphatic rings. The number of anilines is 1. The van der Waals surface area contributed by atoms with E-state index >= 15 is 0 Å². The number of para-hydroxylation sites is 2. The van der Waals surface area contributed by atoms with Gasteiger partial charge in [-0.2, -0.15) is 0 Å². The summed E-state index contributed by atoms with van der Waals surface area (Å²) in [5, 5.41) is 3.98. The van der Waals surface area contributed by atoms with E-state index in [0.29, 0.717) is 22.4 Å². The van der Waals surface area contributed by atoms with Crippen molar-refractivity contribution in [3.8, 4) is 23.0 Å². The Bertz CT molecular complexity index is 1090. The van der Waals surface area contributed by atoms with Gasteiger partial charge in [-0.1, -0.05) is 12.1 Å².